The van der Waals surface area contributed by atoms with Gasteiger partial charge < -0.3 is 5.11 Å². The third-order valence-corrected chi connectivity index (χ3v) is 3.14. The summed E-state index contributed by atoms with van der Waals surface area (Å²) in [6.07, 6.45) is 12.5. The summed E-state index contributed by atoms with van der Waals surface area (Å²) in [4.78, 5) is 31.3. The van der Waals surface area contributed by atoms with Gasteiger partial charge in [-0.15, -0.1) is 0 Å². The van der Waals surface area contributed by atoms with Gasteiger partial charge in [0.1, 0.15) is 0 Å². The van der Waals surface area contributed by atoms with Crippen LogP contribution in [0.15, 0.2) is 23.8 Å². The highest BCUT2D eigenvalue weighted by Gasteiger charge is 2.06. The number of unbranched alkanes of at least 4 members (excludes halogenated alkanes) is 6. The fourth-order valence-corrected chi connectivity index (χ4v) is 1.86. The molecule has 0 saturated carbocycles. The predicted molar refractivity (Wildman–Crippen MR) is 83.2 cm³/mol. The lowest BCUT2D eigenvalue weighted by atomic mass is 10.1. The van der Waals surface area contributed by atoms with Crippen LogP contribution in [0.1, 0.15) is 65.2 Å². The zero-order chi connectivity index (χ0) is 16.1. The van der Waals surface area contributed by atoms with E-state index >= 15 is 0 Å². The summed E-state index contributed by atoms with van der Waals surface area (Å²) in [5.41, 5.74) is 0.516. The maximum atomic E-state index is 10.6. The third kappa shape index (κ3) is 11.8. The van der Waals surface area contributed by atoms with Crippen molar-refractivity contribution in [2.24, 2.45) is 0 Å². The zero-order valence-corrected chi connectivity index (χ0v) is 13.1. The molecule has 0 bridgehead atoms. The SMILES string of the molecule is CC1=CC(=O)C=CC1=O.CCCCCCCCCC(=O)O. The van der Waals surface area contributed by atoms with E-state index in [0.717, 1.165) is 12.8 Å². The molecule has 0 amide bonds. The Morgan fingerprint density at radius 2 is 1.57 bits per heavy atom. The summed E-state index contributed by atoms with van der Waals surface area (Å²) in [5.74, 6) is -0.842. The van der Waals surface area contributed by atoms with E-state index in [2.05, 4.69) is 6.92 Å². The summed E-state index contributed by atoms with van der Waals surface area (Å²) in [7, 11) is 0. The Morgan fingerprint density at radius 1 is 1.00 bits per heavy atom. The highest BCUT2D eigenvalue weighted by molar-refractivity contribution is 6.16. The van der Waals surface area contributed by atoms with Gasteiger partial charge in [0.05, 0.1) is 0 Å². The van der Waals surface area contributed by atoms with Gasteiger partial charge in [-0.1, -0.05) is 45.4 Å². The van der Waals surface area contributed by atoms with Crippen LogP contribution in [-0.4, -0.2) is 22.6 Å². The smallest absolute Gasteiger partial charge is 0.303 e. The minimum Gasteiger partial charge on any atom is -0.481 e. The Morgan fingerprint density at radius 3 is 2.05 bits per heavy atom. The van der Waals surface area contributed by atoms with Gasteiger partial charge in [0, 0.05) is 12.0 Å². The lowest BCUT2D eigenvalue weighted by molar-refractivity contribution is -0.137. The normalized spacial score (nSPS) is 13.5. The highest BCUT2D eigenvalue weighted by Crippen LogP contribution is 2.08. The molecule has 4 heteroatoms. The summed E-state index contributed by atoms with van der Waals surface area (Å²) in [6.45, 7) is 3.83. The fraction of sp³-hybridized carbons (Fsp3) is 0.588. The lowest BCUT2D eigenvalue weighted by Crippen LogP contribution is -2.03. The van der Waals surface area contributed by atoms with Gasteiger partial charge in [-0.25, -0.2) is 0 Å². The molecule has 1 N–H and O–H groups in total. The molecule has 0 aromatic rings. The molecule has 118 valence electrons. The molecule has 1 aliphatic rings. The third-order valence-electron chi connectivity index (χ3n) is 3.14. The molecule has 0 fully saturated rings. The van der Waals surface area contributed by atoms with Crippen LogP contribution in [0, 0.1) is 0 Å². The molecule has 1 aliphatic carbocycles. The van der Waals surface area contributed by atoms with Gasteiger partial charge in [-0.05, 0) is 31.6 Å². The molecule has 0 atom stereocenters. The van der Waals surface area contributed by atoms with Crippen LogP contribution in [-0.2, 0) is 14.4 Å². The van der Waals surface area contributed by atoms with Gasteiger partial charge in [0.2, 0.25) is 0 Å². The van der Waals surface area contributed by atoms with Crippen molar-refractivity contribution < 1.29 is 19.5 Å². The number of allylic oxidation sites excluding steroid dienone is 4. The fourth-order valence-electron chi connectivity index (χ4n) is 1.86. The largest absolute Gasteiger partial charge is 0.481 e. The van der Waals surface area contributed by atoms with Gasteiger partial charge in [-0.3, -0.25) is 14.4 Å². The van der Waals surface area contributed by atoms with E-state index in [-0.39, 0.29) is 11.6 Å². The molecule has 0 saturated heterocycles. The van der Waals surface area contributed by atoms with Crippen molar-refractivity contribution in [2.45, 2.75) is 65.2 Å². The molecular formula is C17H26O4. The second-order valence-corrected chi connectivity index (χ2v) is 5.19. The topological polar surface area (TPSA) is 71.4 Å². The molecule has 0 aromatic heterocycles. The van der Waals surface area contributed by atoms with E-state index in [0.29, 0.717) is 12.0 Å². The standard InChI is InChI=1S/C10H20O2.C7H6O2/c1-2-3-4-5-6-7-8-9-10(11)12;1-5-4-6(8)2-3-7(5)9/h2-9H2,1H3,(H,11,12);2-4H,1H3. The van der Waals surface area contributed by atoms with Crippen molar-refractivity contribution in [1.29, 1.82) is 0 Å². The number of hydrogen-bond donors (Lipinski definition) is 1. The minimum absolute atomic E-state index is 0.0744. The van der Waals surface area contributed by atoms with Crippen LogP contribution in [0.3, 0.4) is 0 Å². The van der Waals surface area contributed by atoms with E-state index in [1.807, 2.05) is 0 Å². The molecular weight excluding hydrogens is 268 g/mol. The van der Waals surface area contributed by atoms with E-state index in [1.165, 1.54) is 50.3 Å². The molecule has 0 spiro atoms. The first-order chi connectivity index (χ1) is 9.97. The van der Waals surface area contributed by atoms with Crippen LogP contribution in [0.5, 0.6) is 0 Å². The first kappa shape index (κ1) is 19.3. The highest BCUT2D eigenvalue weighted by atomic mass is 16.4. The first-order valence-electron chi connectivity index (χ1n) is 7.63. The van der Waals surface area contributed by atoms with Gasteiger partial charge in [0.15, 0.2) is 11.6 Å². The Kier molecular flexibility index (Phi) is 11.1. The Bertz CT molecular complexity index is 405. The number of aliphatic carboxylic acids is 1. The van der Waals surface area contributed by atoms with Crippen molar-refractivity contribution in [3.05, 3.63) is 23.8 Å². The monoisotopic (exact) mass is 294 g/mol. The van der Waals surface area contributed by atoms with E-state index in [1.54, 1.807) is 6.92 Å². The summed E-state index contributed by atoms with van der Waals surface area (Å²) < 4.78 is 0. The molecule has 0 radical (unpaired) electrons. The number of carbonyl (C=O) groups is 3. The van der Waals surface area contributed by atoms with Crippen LogP contribution < -0.4 is 0 Å². The number of carboxylic acids is 1. The molecule has 0 unspecified atom stereocenters. The Hall–Kier alpha value is -1.71. The quantitative estimate of drug-likeness (QED) is 0.545. The number of ketones is 2. The van der Waals surface area contributed by atoms with Gasteiger partial charge >= 0.3 is 5.97 Å². The molecule has 0 heterocycles. The predicted octanol–water partition coefficient (Wildman–Crippen LogP) is 3.85. The summed E-state index contributed by atoms with van der Waals surface area (Å²) >= 11 is 0. The zero-order valence-electron chi connectivity index (χ0n) is 13.1. The van der Waals surface area contributed by atoms with Crippen molar-refractivity contribution in [3.63, 3.8) is 0 Å². The van der Waals surface area contributed by atoms with Crippen LogP contribution in [0.2, 0.25) is 0 Å². The molecule has 21 heavy (non-hydrogen) atoms. The van der Waals surface area contributed by atoms with Crippen LogP contribution >= 0.6 is 0 Å². The van der Waals surface area contributed by atoms with Gasteiger partial charge in [-0.2, -0.15) is 0 Å². The molecule has 4 nitrogen and oxygen atoms in total. The second kappa shape index (κ2) is 12.1. The van der Waals surface area contributed by atoms with Gasteiger partial charge in [0.25, 0.3) is 0 Å². The van der Waals surface area contributed by atoms with Crippen LogP contribution in [0.4, 0.5) is 0 Å². The second-order valence-electron chi connectivity index (χ2n) is 5.19. The molecule has 0 aromatic carbocycles. The molecule has 0 aliphatic heterocycles. The Labute approximate surface area is 126 Å². The van der Waals surface area contributed by atoms with Crippen molar-refractivity contribution >= 4 is 17.5 Å². The minimum atomic E-state index is -0.663. The average molecular weight is 294 g/mol. The number of hydrogen-bond acceptors (Lipinski definition) is 3. The van der Waals surface area contributed by atoms with E-state index < -0.39 is 5.97 Å². The number of rotatable bonds is 8. The Balaban J connectivity index is 0.000000394. The average Bonchev–Trinajstić information content (AvgIpc) is 2.43. The first-order valence-corrected chi connectivity index (χ1v) is 7.63. The van der Waals surface area contributed by atoms with E-state index in [9.17, 15) is 14.4 Å². The number of carboxylic acid groups (broad SMARTS) is 1. The maximum Gasteiger partial charge on any atom is 0.303 e. The van der Waals surface area contributed by atoms with E-state index in [4.69, 9.17) is 5.11 Å². The number of carbonyl (C=O) groups excluding carboxylic acids is 2. The lowest BCUT2D eigenvalue weighted by Gasteiger charge is -1.98. The summed E-state index contributed by atoms with van der Waals surface area (Å²) in [6, 6.07) is 0. The van der Waals surface area contributed by atoms with Crippen molar-refractivity contribution in [2.75, 3.05) is 0 Å². The van der Waals surface area contributed by atoms with Crippen molar-refractivity contribution in [1.82, 2.24) is 0 Å². The van der Waals surface area contributed by atoms with Crippen LogP contribution in [0.25, 0.3) is 0 Å². The molecule has 1 rings (SSSR count). The summed E-state index contributed by atoms with van der Waals surface area (Å²) in [5, 5.41) is 8.35. The van der Waals surface area contributed by atoms with Crippen molar-refractivity contribution in [3.8, 4) is 0 Å². The maximum absolute atomic E-state index is 10.6.